The predicted octanol–water partition coefficient (Wildman–Crippen LogP) is 3.51. The molecule has 6 heteroatoms. The highest BCUT2D eigenvalue weighted by Gasteiger charge is 2.70. The SMILES string of the molecule is Cc1cc(C)c2c(c1)[C@@]1(N[C@H](Cc3ccccc3)[C@H]3C(=O)N(CCc4ccccc4)C(=O)[C@@H]31)C(=O)N2. The van der Waals surface area contributed by atoms with E-state index < -0.39 is 17.4 Å². The van der Waals surface area contributed by atoms with Crippen LogP contribution in [0.2, 0.25) is 0 Å². The van der Waals surface area contributed by atoms with Crippen LogP contribution in [0.1, 0.15) is 27.8 Å². The number of aryl methyl sites for hydroxylation is 2. The molecule has 2 fully saturated rings. The number of imide groups is 1. The highest BCUT2D eigenvalue weighted by molar-refractivity contribution is 6.15. The molecular formula is C30H29N3O3. The number of nitrogens with one attached hydrogen (secondary N) is 2. The van der Waals surface area contributed by atoms with Gasteiger partial charge in [-0.15, -0.1) is 0 Å². The van der Waals surface area contributed by atoms with Crippen molar-refractivity contribution in [1.29, 1.82) is 0 Å². The molecule has 6 nitrogen and oxygen atoms in total. The van der Waals surface area contributed by atoms with Crippen LogP contribution < -0.4 is 10.6 Å². The van der Waals surface area contributed by atoms with Crippen molar-refractivity contribution in [3.05, 3.63) is 101 Å². The molecule has 4 atom stereocenters. The summed E-state index contributed by atoms with van der Waals surface area (Å²) in [6.07, 6.45) is 1.14. The maximum absolute atomic E-state index is 14.0. The molecule has 6 rings (SSSR count). The van der Waals surface area contributed by atoms with E-state index in [9.17, 15) is 14.4 Å². The van der Waals surface area contributed by atoms with Crippen LogP contribution in [0.4, 0.5) is 5.69 Å². The number of benzene rings is 3. The number of anilines is 1. The molecule has 0 unspecified atom stereocenters. The summed E-state index contributed by atoms with van der Waals surface area (Å²) in [5, 5.41) is 6.60. The summed E-state index contributed by atoms with van der Waals surface area (Å²) >= 11 is 0. The highest BCUT2D eigenvalue weighted by Crippen LogP contribution is 2.54. The van der Waals surface area contributed by atoms with Gasteiger partial charge < -0.3 is 5.32 Å². The first-order chi connectivity index (χ1) is 17.4. The van der Waals surface area contributed by atoms with Crippen LogP contribution in [0.25, 0.3) is 0 Å². The third-order valence-electron chi connectivity index (χ3n) is 8.02. The summed E-state index contributed by atoms with van der Waals surface area (Å²) in [4.78, 5) is 43.0. The number of rotatable bonds is 5. The van der Waals surface area contributed by atoms with Crippen LogP contribution in [-0.4, -0.2) is 35.2 Å². The summed E-state index contributed by atoms with van der Waals surface area (Å²) in [7, 11) is 0. The minimum atomic E-state index is -1.26. The topological polar surface area (TPSA) is 78.5 Å². The van der Waals surface area contributed by atoms with E-state index in [2.05, 4.69) is 10.6 Å². The van der Waals surface area contributed by atoms with Crippen molar-refractivity contribution in [2.24, 2.45) is 11.8 Å². The Kier molecular flexibility index (Phi) is 5.30. The summed E-state index contributed by atoms with van der Waals surface area (Å²) in [6, 6.07) is 23.5. The number of fused-ring (bicyclic) bond motifs is 4. The van der Waals surface area contributed by atoms with Crippen LogP contribution in [-0.2, 0) is 32.8 Å². The van der Waals surface area contributed by atoms with E-state index >= 15 is 0 Å². The first-order valence-electron chi connectivity index (χ1n) is 12.5. The first kappa shape index (κ1) is 22.7. The molecule has 3 aromatic rings. The Hall–Kier alpha value is -3.77. The molecule has 3 aliphatic rings. The van der Waals surface area contributed by atoms with Gasteiger partial charge in [0, 0.05) is 23.8 Å². The van der Waals surface area contributed by atoms with E-state index in [0.29, 0.717) is 19.4 Å². The van der Waals surface area contributed by atoms with E-state index in [1.165, 1.54) is 4.90 Å². The first-order valence-corrected chi connectivity index (χ1v) is 12.5. The number of carbonyl (C=O) groups excluding carboxylic acids is 3. The molecule has 0 radical (unpaired) electrons. The Bertz CT molecular complexity index is 1370. The van der Waals surface area contributed by atoms with Gasteiger partial charge in [0.2, 0.25) is 17.7 Å². The molecule has 3 heterocycles. The second-order valence-electron chi connectivity index (χ2n) is 10.3. The molecule has 0 saturated carbocycles. The molecule has 36 heavy (non-hydrogen) atoms. The lowest BCUT2D eigenvalue weighted by atomic mass is 9.75. The molecular weight excluding hydrogens is 450 g/mol. The lowest BCUT2D eigenvalue weighted by molar-refractivity contribution is -0.142. The van der Waals surface area contributed by atoms with Gasteiger partial charge in [-0.1, -0.05) is 78.4 Å². The molecule has 0 bridgehead atoms. The minimum Gasteiger partial charge on any atom is -0.324 e. The fourth-order valence-electron chi connectivity index (χ4n) is 6.47. The van der Waals surface area contributed by atoms with Crippen molar-refractivity contribution in [2.45, 2.75) is 38.3 Å². The maximum atomic E-state index is 14.0. The summed E-state index contributed by atoms with van der Waals surface area (Å²) in [5.41, 5.74) is 4.38. The third-order valence-corrected chi connectivity index (χ3v) is 8.02. The molecule has 182 valence electrons. The summed E-state index contributed by atoms with van der Waals surface area (Å²) in [5.74, 6) is -2.08. The molecule has 1 spiro atoms. The van der Waals surface area contributed by atoms with E-state index in [4.69, 9.17) is 0 Å². The van der Waals surface area contributed by atoms with E-state index in [-0.39, 0.29) is 23.8 Å². The largest absolute Gasteiger partial charge is 0.324 e. The molecule has 3 aromatic carbocycles. The lowest BCUT2D eigenvalue weighted by Gasteiger charge is -2.30. The number of likely N-dealkylation sites (tertiary alicyclic amines) is 1. The minimum absolute atomic E-state index is 0.183. The number of hydrogen-bond acceptors (Lipinski definition) is 4. The fourth-order valence-corrected chi connectivity index (χ4v) is 6.47. The van der Waals surface area contributed by atoms with Crippen molar-refractivity contribution in [1.82, 2.24) is 10.2 Å². The molecule has 3 aliphatic heterocycles. The lowest BCUT2D eigenvalue weighted by Crippen LogP contribution is -2.53. The van der Waals surface area contributed by atoms with E-state index in [1.54, 1.807) is 0 Å². The van der Waals surface area contributed by atoms with Crippen molar-refractivity contribution in [3.8, 4) is 0 Å². The summed E-state index contributed by atoms with van der Waals surface area (Å²) in [6.45, 7) is 4.27. The van der Waals surface area contributed by atoms with E-state index in [0.717, 1.165) is 33.5 Å². The van der Waals surface area contributed by atoms with Gasteiger partial charge in [-0.2, -0.15) is 0 Å². The molecule has 2 saturated heterocycles. The zero-order valence-corrected chi connectivity index (χ0v) is 20.5. The Balaban J connectivity index is 1.42. The zero-order chi connectivity index (χ0) is 25.0. The van der Waals surface area contributed by atoms with Crippen LogP contribution in [0, 0.1) is 25.7 Å². The molecule has 0 aliphatic carbocycles. The van der Waals surface area contributed by atoms with Crippen LogP contribution >= 0.6 is 0 Å². The monoisotopic (exact) mass is 479 g/mol. The van der Waals surface area contributed by atoms with Gasteiger partial charge in [0.05, 0.1) is 11.8 Å². The van der Waals surface area contributed by atoms with Gasteiger partial charge in [0.25, 0.3) is 0 Å². The quantitative estimate of drug-likeness (QED) is 0.549. The fraction of sp³-hybridized carbons (Fsp3) is 0.300. The van der Waals surface area contributed by atoms with Crippen molar-refractivity contribution in [3.63, 3.8) is 0 Å². The van der Waals surface area contributed by atoms with Crippen molar-refractivity contribution >= 4 is 23.4 Å². The van der Waals surface area contributed by atoms with Gasteiger partial charge in [0.15, 0.2) is 0 Å². The number of carbonyl (C=O) groups is 3. The van der Waals surface area contributed by atoms with Crippen molar-refractivity contribution in [2.75, 3.05) is 11.9 Å². The Labute approximate surface area is 210 Å². The molecule has 3 amide bonds. The van der Waals surface area contributed by atoms with Gasteiger partial charge in [-0.3, -0.25) is 24.6 Å². The van der Waals surface area contributed by atoms with Crippen LogP contribution in [0.15, 0.2) is 72.8 Å². The van der Waals surface area contributed by atoms with Crippen molar-refractivity contribution < 1.29 is 14.4 Å². The van der Waals surface area contributed by atoms with Crippen LogP contribution in [0.5, 0.6) is 0 Å². The Morgan fingerprint density at radius 1 is 0.861 bits per heavy atom. The Morgan fingerprint density at radius 2 is 1.53 bits per heavy atom. The Morgan fingerprint density at radius 3 is 2.22 bits per heavy atom. The van der Waals surface area contributed by atoms with Gasteiger partial charge >= 0.3 is 0 Å². The number of hydrogen-bond donors (Lipinski definition) is 2. The summed E-state index contributed by atoms with van der Waals surface area (Å²) < 4.78 is 0. The second-order valence-corrected chi connectivity index (χ2v) is 10.3. The molecule has 0 aromatic heterocycles. The highest BCUT2D eigenvalue weighted by atomic mass is 16.2. The number of nitrogens with zero attached hydrogens (tertiary/aromatic N) is 1. The average molecular weight is 480 g/mol. The maximum Gasteiger partial charge on any atom is 0.250 e. The molecule has 2 N–H and O–H groups in total. The van der Waals surface area contributed by atoms with Gasteiger partial charge in [-0.25, -0.2) is 0 Å². The van der Waals surface area contributed by atoms with Gasteiger partial charge in [-0.05, 0) is 43.4 Å². The normalized spacial score (nSPS) is 26.4. The standard InChI is InChI=1S/C30H29N3O3/c1-18-15-19(2)26-22(16-18)30(29(36)31-26)25-24(23(32-30)17-21-11-7-4-8-12-21)27(34)33(28(25)35)14-13-20-9-5-3-6-10-20/h3-12,15-16,23-25,32H,13-14,17H2,1-2H3,(H,31,36)/t23-,24-,25-,30+/m1/s1. The van der Waals surface area contributed by atoms with Gasteiger partial charge in [0.1, 0.15) is 5.54 Å². The average Bonchev–Trinajstić information content (AvgIpc) is 3.44. The second kappa shape index (κ2) is 8.42. The number of amides is 3. The predicted molar refractivity (Wildman–Crippen MR) is 137 cm³/mol. The zero-order valence-electron chi connectivity index (χ0n) is 20.5. The van der Waals surface area contributed by atoms with Crippen LogP contribution in [0.3, 0.4) is 0 Å². The smallest absolute Gasteiger partial charge is 0.250 e. The third kappa shape index (κ3) is 3.32. The van der Waals surface area contributed by atoms with E-state index in [1.807, 2.05) is 86.6 Å².